The Morgan fingerprint density at radius 2 is 1.25 bits per heavy atom. The lowest BCUT2D eigenvalue weighted by Gasteiger charge is -2.13. The molecular weight excluding hydrogens is 370 g/mol. The molecule has 0 atom stereocenters. The topological polar surface area (TPSA) is 101 Å². The number of rotatable bonds is 14. The fourth-order valence-corrected chi connectivity index (χ4v) is 2.47. The van der Waals surface area contributed by atoms with Crippen molar-refractivity contribution in [1.29, 1.82) is 0 Å². The van der Waals surface area contributed by atoms with E-state index in [1.54, 1.807) is 24.3 Å². The lowest BCUT2D eigenvalue weighted by Crippen LogP contribution is -2.33. The standard InChI is InChI=1S/C19H25NO8/c1-24-17(21)14-28-13-12-27-11-10-26-9-8-25-7-6-20-18(22)15-4-2-3-5-16(15)19(20)23/h2-5H,6-14H2,1H3. The average Bonchev–Trinajstić information content (AvgIpc) is 2.96. The molecule has 9 nitrogen and oxygen atoms in total. The SMILES string of the molecule is COC(=O)COCCOCCOCCOCCN1C(=O)c2ccccc2C1=O. The molecule has 0 unspecified atom stereocenters. The van der Waals surface area contributed by atoms with E-state index in [0.717, 1.165) is 0 Å². The zero-order valence-electron chi connectivity index (χ0n) is 15.9. The Hall–Kier alpha value is -2.33. The summed E-state index contributed by atoms with van der Waals surface area (Å²) >= 11 is 0. The van der Waals surface area contributed by atoms with Crippen LogP contribution in [-0.2, 0) is 28.5 Å². The fraction of sp³-hybridized carbons (Fsp3) is 0.526. The highest BCUT2D eigenvalue weighted by Gasteiger charge is 2.34. The van der Waals surface area contributed by atoms with E-state index >= 15 is 0 Å². The van der Waals surface area contributed by atoms with Gasteiger partial charge in [-0.2, -0.15) is 0 Å². The molecule has 2 amide bonds. The molecule has 1 aliphatic rings. The Labute approximate surface area is 163 Å². The number of hydrogen-bond acceptors (Lipinski definition) is 8. The number of imide groups is 1. The van der Waals surface area contributed by atoms with Crippen molar-refractivity contribution in [2.75, 3.05) is 66.5 Å². The first-order valence-electron chi connectivity index (χ1n) is 8.98. The molecular formula is C19H25NO8. The molecule has 0 N–H and O–H groups in total. The molecule has 1 aromatic rings. The van der Waals surface area contributed by atoms with Crippen molar-refractivity contribution in [3.63, 3.8) is 0 Å². The van der Waals surface area contributed by atoms with E-state index in [1.165, 1.54) is 12.0 Å². The summed E-state index contributed by atoms with van der Waals surface area (Å²) in [6.07, 6.45) is 0. The van der Waals surface area contributed by atoms with Crippen LogP contribution in [0.2, 0.25) is 0 Å². The number of fused-ring (bicyclic) bond motifs is 1. The van der Waals surface area contributed by atoms with Crippen LogP contribution in [0.3, 0.4) is 0 Å². The van der Waals surface area contributed by atoms with E-state index in [9.17, 15) is 14.4 Å². The van der Waals surface area contributed by atoms with Gasteiger partial charge in [0.1, 0.15) is 6.61 Å². The minimum atomic E-state index is -0.425. The van der Waals surface area contributed by atoms with Gasteiger partial charge in [-0.25, -0.2) is 4.79 Å². The molecule has 0 aliphatic carbocycles. The van der Waals surface area contributed by atoms with Crippen molar-refractivity contribution >= 4 is 17.8 Å². The van der Waals surface area contributed by atoms with Crippen molar-refractivity contribution in [3.8, 4) is 0 Å². The second-order valence-electron chi connectivity index (χ2n) is 5.77. The van der Waals surface area contributed by atoms with Crippen LogP contribution in [0.5, 0.6) is 0 Å². The lowest BCUT2D eigenvalue weighted by atomic mass is 10.1. The third kappa shape index (κ3) is 6.68. The zero-order valence-corrected chi connectivity index (χ0v) is 15.9. The lowest BCUT2D eigenvalue weighted by molar-refractivity contribution is -0.146. The Kier molecular flexibility index (Phi) is 9.56. The van der Waals surface area contributed by atoms with Crippen LogP contribution < -0.4 is 0 Å². The summed E-state index contributed by atoms with van der Waals surface area (Å²) in [4.78, 5) is 36.3. The highest BCUT2D eigenvalue weighted by molar-refractivity contribution is 6.21. The summed E-state index contributed by atoms with van der Waals surface area (Å²) in [5, 5.41) is 0. The minimum absolute atomic E-state index is 0.0889. The maximum atomic E-state index is 12.2. The van der Waals surface area contributed by atoms with E-state index in [-0.39, 0.29) is 31.6 Å². The fourth-order valence-electron chi connectivity index (χ4n) is 2.47. The van der Waals surface area contributed by atoms with Gasteiger partial charge in [0.2, 0.25) is 0 Å². The number of nitrogens with zero attached hydrogens (tertiary/aromatic N) is 1. The summed E-state index contributed by atoms with van der Waals surface area (Å²) in [5.41, 5.74) is 0.873. The number of benzene rings is 1. The van der Waals surface area contributed by atoms with Gasteiger partial charge >= 0.3 is 5.97 Å². The summed E-state index contributed by atoms with van der Waals surface area (Å²) in [7, 11) is 1.30. The van der Waals surface area contributed by atoms with Crippen LogP contribution in [0, 0.1) is 0 Å². The summed E-state index contributed by atoms with van der Waals surface area (Å²) in [6.45, 7) is 2.57. The summed E-state index contributed by atoms with van der Waals surface area (Å²) in [5.74, 6) is -0.993. The van der Waals surface area contributed by atoms with Gasteiger partial charge in [0.05, 0.1) is 71.0 Å². The van der Waals surface area contributed by atoms with Gasteiger partial charge in [0, 0.05) is 0 Å². The predicted molar refractivity (Wildman–Crippen MR) is 97.1 cm³/mol. The Morgan fingerprint density at radius 3 is 1.75 bits per heavy atom. The first kappa shape index (κ1) is 22.0. The molecule has 0 spiro atoms. The van der Waals surface area contributed by atoms with Crippen LogP contribution in [0.25, 0.3) is 0 Å². The molecule has 0 fully saturated rings. The normalized spacial score (nSPS) is 13.1. The molecule has 154 valence electrons. The average molecular weight is 395 g/mol. The Morgan fingerprint density at radius 1 is 0.786 bits per heavy atom. The van der Waals surface area contributed by atoms with E-state index in [4.69, 9.17) is 18.9 Å². The number of carbonyl (C=O) groups excluding carboxylic acids is 3. The van der Waals surface area contributed by atoms with Gasteiger partial charge in [-0.3, -0.25) is 14.5 Å². The molecule has 1 aromatic carbocycles. The van der Waals surface area contributed by atoms with Gasteiger partial charge < -0.3 is 23.7 Å². The molecule has 0 aromatic heterocycles. The molecule has 9 heteroatoms. The highest BCUT2D eigenvalue weighted by Crippen LogP contribution is 2.21. The third-order valence-corrected chi connectivity index (χ3v) is 3.90. The maximum absolute atomic E-state index is 12.2. The second-order valence-corrected chi connectivity index (χ2v) is 5.77. The quantitative estimate of drug-likeness (QED) is 0.255. The highest BCUT2D eigenvalue weighted by atomic mass is 16.6. The number of ether oxygens (including phenoxy) is 5. The van der Waals surface area contributed by atoms with Gasteiger partial charge in [-0.1, -0.05) is 12.1 Å². The monoisotopic (exact) mass is 395 g/mol. The van der Waals surface area contributed by atoms with Crippen LogP contribution in [-0.4, -0.2) is 89.2 Å². The van der Waals surface area contributed by atoms with E-state index in [0.29, 0.717) is 50.8 Å². The van der Waals surface area contributed by atoms with E-state index in [2.05, 4.69) is 4.74 Å². The van der Waals surface area contributed by atoms with Crippen LogP contribution >= 0.6 is 0 Å². The largest absolute Gasteiger partial charge is 0.467 e. The molecule has 2 rings (SSSR count). The number of hydrogen-bond donors (Lipinski definition) is 0. The minimum Gasteiger partial charge on any atom is -0.467 e. The smallest absolute Gasteiger partial charge is 0.331 e. The van der Waals surface area contributed by atoms with E-state index < -0.39 is 5.97 Å². The Bertz CT molecular complexity index is 628. The van der Waals surface area contributed by atoms with Gasteiger partial charge in [0.25, 0.3) is 11.8 Å². The molecule has 0 bridgehead atoms. The second kappa shape index (κ2) is 12.2. The first-order chi connectivity index (χ1) is 13.6. The van der Waals surface area contributed by atoms with E-state index in [1.807, 2.05) is 0 Å². The third-order valence-electron chi connectivity index (χ3n) is 3.90. The van der Waals surface area contributed by atoms with Crippen LogP contribution in [0.1, 0.15) is 20.7 Å². The molecule has 0 saturated heterocycles. The Balaban J connectivity index is 1.42. The number of carbonyl (C=O) groups is 3. The first-order valence-corrected chi connectivity index (χ1v) is 8.98. The molecule has 0 saturated carbocycles. The predicted octanol–water partition coefficient (Wildman–Crippen LogP) is 0.522. The zero-order chi connectivity index (χ0) is 20.2. The maximum Gasteiger partial charge on any atom is 0.331 e. The van der Waals surface area contributed by atoms with Crippen molar-refractivity contribution in [2.45, 2.75) is 0 Å². The summed E-state index contributed by atoms with van der Waals surface area (Å²) < 4.78 is 25.5. The number of esters is 1. The van der Waals surface area contributed by atoms with Gasteiger partial charge in [-0.05, 0) is 12.1 Å². The van der Waals surface area contributed by atoms with Crippen molar-refractivity contribution < 1.29 is 38.1 Å². The van der Waals surface area contributed by atoms with Crippen LogP contribution in [0.15, 0.2) is 24.3 Å². The van der Waals surface area contributed by atoms with Gasteiger partial charge in [0.15, 0.2) is 0 Å². The number of amides is 2. The number of methoxy groups -OCH3 is 1. The molecule has 0 radical (unpaired) electrons. The molecule has 1 aliphatic heterocycles. The van der Waals surface area contributed by atoms with Crippen LogP contribution in [0.4, 0.5) is 0 Å². The van der Waals surface area contributed by atoms with Gasteiger partial charge in [-0.15, -0.1) is 0 Å². The van der Waals surface area contributed by atoms with Crippen molar-refractivity contribution in [1.82, 2.24) is 4.90 Å². The molecule has 1 heterocycles. The summed E-state index contributed by atoms with van der Waals surface area (Å²) in [6, 6.07) is 6.77. The van der Waals surface area contributed by atoms with Crippen molar-refractivity contribution in [2.24, 2.45) is 0 Å². The van der Waals surface area contributed by atoms with Crippen molar-refractivity contribution in [3.05, 3.63) is 35.4 Å². The molecule has 28 heavy (non-hydrogen) atoms.